The SMILES string of the molecule is NS(=O)(=O)C1=CC=C(Cl)C(Cc2ccc(-c3nn[nH]n3)cc2)(Cc2ncco2)C1. The first-order valence-electron chi connectivity index (χ1n) is 8.66. The van der Waals surface area contributed by atoms with Crippen molar-refractivity contribution in [1.82, 2.24) is 25.6 Å². The third kappa shape index (κ3) is 4.14. The van der Waals surface area contributed by atoms with Gasteiger partial charge in [0.2, 0.25) is 15.8 Å². The number of benzene rings is 1. The highest BCUT2D eigenvalue weighted by atomic mass is 35.5. The standard InChI is InChI=1S/C18H17ClN6O3S/c19-15-6-5-14(29(20,26)27)10-18(15,11-16-21-7-8-28-16)9-12-1-3-13(4-2-12)17-22-24-25-23-17/h1-8H,9-11H2,(H2,20,26,27)(H,22,23,24,25). The number of rotatable bonds is 6. The molecule has 0 saturated carbocycles. The normalized spacial score (nSPS) is 19.7. The van der Waals surface area contributed by atoms with Crippen LogP contribution < -0.4 is 5.14 Å². The summed E-state index contributed by atoms with van der Waals surface area (Å²) in [5.74, 6) is 0.955. The molecule has 0 aliphatic heterocycles. The minimum absolute atomic E-state index is 0.122. The quantitative estimate of drug-likeness (QED) is 0.608. The van der Waals surface area contributed by atoms with E-state index in [-0.39, 0.29) is 11.3 Å². The van der Waals surface area contributed by atoms with Gasteiger partial charge in [-0.25, -0.2) is 18.5 Å². The summed E-state index contributed by atoms with van der Waals surface area (Å²) in [6.07, 6.45) is 6.99. The number of allylic oxidation sites excluding steroid dienone is 4. The van der Waals surface area contributed by atoms with Crippen LogP contribution in [0.2, 0.25) is 0 Å². The molecule has 3 aromatic rings. The largest absolute Gasteiger partial charge is 0.449 e. The third-order valence-corrected chi connectivity index (χ3v) is 6.41. The molecular weight excluding hydrogens is 416 g/mol. The van der Waals surface area contributed by atoms with Gasteiger partial charge in [-0.15, -0.1) is 10.2 Å². The summed E-state index contributed by atoms with van der Waals surface area (Å²) in [4.78, 5) is 4.31. The van der Waals surface area contributed by atoms with Gasteiger partial charge in [0.25, 0.3) is 0 Å². The number of nitrogens with one attached hydrogen (secondary N) is 1. The summed E-state index contributed by atoms with van der Waals surface area (Å²) < 4.78 is 29.4. The predicted octanol–water partition coefficient (Wildman–Crippen LogP) is 2.33. The average Bonchev–Trinajstić information content (AvgIpc) is 3.38. The summed E-state index contributed by atoms with van der Waals surface area (Å²) >= 11 is 6.61. The molecule has 150 valence electrons. The lowest BCUT2D eigenvalue weighted by molar-refractivity contribution is 0.322. The number of hydrogen-bond acceptors (Lipinski definition) is 7. The van der Waals surface area contributed by atoms with Crippen LogP contribution in [0.4, 0.5) is 0 Å². The fraction of sp³-hybridized carbons (Fsp3) is 0.222. The van der Waals surface area contributed by atoms with Gasteiger partial charge in [-0.3, -0.25) is 0 Å². The first kappa shape index (κ1) is 19.5. The predicted molar refractivity (Wildman–Crippen MR) is 106 cm³/mol. The highest BCUT2D eigenvalue weighted by Gasteiger charge is 2.40. The van der Waals surface area contributed by atoms with Crippen LogP contribution in [-0.4, -0.2) is 34.0 Å². The fourth-order valence-electron chi connectivity index (χ4n) is 3.45. The Hall–Kier alpha value is -2.82. The van der Waals surface area contributed by atoms with Crippen LogP contribution in [0.1, 0.15) is 17.9 Å². The van der Waals surface area contributed by atoms with Crippen LogP contribution in [0, 0.1) is 5.41 Å². The van der Waals surface area contributed by atoms with E-state index in [1.807, 2.05) is 24.3 Å². The number of aromatic nitrogens is 5. The zero-order valence-corrected chi connectivity index (χ0v) is 16.7. The van der Waals surface area contributed by atoms with Crippen molar-refractivity contribution in [2.24, 2.45) is 10.6 Å². The molecule has 9 nitrogen and oxygen atoms in total. The van der Waals surface area contributed by atoms with E-state index in [0.29, 0.717) is 29.6 Å². The second-order valence-corrected chi connectivity index (χ2v) is 8.88. The Morgan fingerprint density at radius 1 is 1.21 bits per heavy atom. The summed E-state index contributed by atoms with van der Waals surface area (Å²) in [6, 6.07) is 7.58. The molecule has 0 spiro atoms. The molecule has 1 aliphatic carbocycles. The summed E-state index contributed by atoms with van der Waals surface area (Å²) in [5, 5.41) is 19.8. The van der Waals surface area contributed by atoms with E-state index in [2.05, 4.69) is 25.6 Å². The first-order valence-corrected chi connectivity index (χ1v) is 10.6. The van der Waals surface area contributed by atoms with Crippen molar-refractivity contribution in [2.75, 3.05) is 0 Å². The monoisotopic (exact) mass is 432 g/mol. The molecule has 0 radical (unpaired) electrons. The van der Waals surface area contributed by atoms with Gasteiger partial charge in [0.1, 0.15) is 6.26 Å². The van der Waals surface area contributed by atoms with Gasteiger partial charge < -0.3 is 4.42 Å². The molecule has 4 rings (SSSR count). The van der Waals surface area contributed by atoms with Gasteiger partial charge in [-0.05, 0) is 35.8 Å². The van der Waals surface area contributed by atoms with Crippen molar-refractivity contribution >= 4 is 21.6 Å². The number of primary sulfonamides is 1. The number of aromatic amines is 1. The molecule has 0 fully saturated rings. The zero-order chi connectivity index (χ0) is 20.5. The smallest absolute Gasteiger partial charge is 0.234 e. The topological polar surface area (TPSA) is 141 Å². The Balaban J connectivity index is 1.68. The molecule has 1 atom stereocenters. The van der Waals surface area contributed by atoms with Crippen molar-refractivity contribution in [3.8, 4) is 11.4 Å². The number of halogens is 1. The van der Waals surface area contributed by atoms with E-state index < -0.39 is 15.4 Å². The van der Waals surface area contributed by atoms with E-state index in [9.17, 15) is 8.42 Å². The molecule has 3 N–H and O–H groups in total. The summed E-state index contributed by atoms with van der Waals surface area (Å²) in [5.41, 5.74) is 1.00. The Morgan fingerprint density at radius 3 is 2.62 bits per heavy atom. The maximum atomic E-state index is 12.0. The van der Waals surface area contributed by atoms with Gasteiger partial charge in [-0.2, -0.15) is 5.21 Å². The van der Waals surface area contributed by atoms with Crippen molar-refractivity contribution in [3.63, 3.8) is 0 Å². The lowest BCUT2D eigenvalue weighted by Gasteiger charge is -2.35. The van der Waals surface area contributed by atoms with Crippen LogP contribution in [0.15, 0.2) is 63.2 Å². The first-order chi connectivity index (χ1) is 13.9. The van der Waals surface area contributed by atoms with Crippen molar-refractivity contribution < 1.29 is 12.8 Å². The second kappa shape index (κ2) is 7.54. The number of tetrazole rings is 1. The van der Waals surface area contributed by atoms with Gasteiger partial charge in [0.05, 0.1) is 11.1 Å². The van der Waals surface area contributed by atoms with Crippen molar-refractivity contribution in [2.45, 2.75) is 19.3 Å². The highest BCUT2D eigenvalue weighted by molar-refractivity contribution is 7.93. The van der Waals surface area contributed by atoms with Gasteiger partial charge >= 0.3 is 0 Å². The third-order valence-electron chi connectivity index (χ3n) is 4.87. The van der Waals surface area contributed by atoms with Gasteiger partial charge in [0.15, 0.2) is 5.89 Å². The molecule has 1 aromatic carbocycles. The van der Waals surface area contributed by atoms with Crippen LogP contribution >= 0.6 is 11.6 Å². The molecule has 29 heavy (non-hydrogen) atoms. The number of hydrogen-bond donors (Lipinski definition) is 2. The minimum atomic E-state index is -3.85. The number of oxazole rings is 1. The molecule has 2 heterocycles. The van der Waals surface area contributed by atoms with Gasteiger partial charge in [-0.1, -0.05) is 35.9 Å². The molecule has 1 unspecified atom stereocenters. The number of nitrogens with two attached hydrogens (primary N) is 1. The minimum Gasteiger partial charge on any atom is -0.449 e. The van der Waals surface area contributed by atoms with Crippen LogP contribution in [0.25, 0.3) is 11.4 Å². The molecule has 1 aliphatic rings. The lowest BCUT2D eigenvalue weighted by atomic mass is 9.73. The lowest BCUT2D eigenvalue weighted by Crippen LogP contribution is -2.32. The molecule has 0 bridgehead atoms. The maximum absolute atomic E-state index is 12.0. The highest BCUT2D eigenvalue weighted by Crippen LogP contribution is 2.46. The zero-order valence-electron chi connectivity index (χ0n) is 15.1. The molecule has 2 aromatic heterocycles. The van der Waals surface area contributed by atoms with Crippen LogP contribution in [-0.2, 0) is 22.9 Å². The van der Waals surface area contributed by atoms with E-state index >= 15 is 0 Å². The molecule has 0 saturated heterocycles. The Labute approximate surface area is 171 Å². The van der Waals surface area contributed by atoms with Crippen LogP contribution in [0.5, 0.6) is 0 Å². The number of sulfonamides is 1. The van der Waals surface area contributed by atoms with Crippen LogP contribution in [0.3, 0.4) is 0 Å². The Kier molecular flexibility index (Phi) is 5.07. The fourth-order valence-corrected chi connectivity index (χ4v) is 4.45. The average molecular weight is 433 g/mol. The Bertz CT molecular complexity index is 1150. The number of H-pyrrole nitrogens is 1. The molecule has 11 heteroatoms. The molecular formula is C18H17ClN6O3S. The van der Waals surface area contributed by atoms with E-state index in [1.165, 1.54) is 12.3 Å². The maximum Gasteiger partial charge on any atom is 0.234 e. The van der Waals surface area contributed by atoms with E-state index in [4.69, 9.17) is 21.2 Å². The number of nitrogens with zero attached hydrogens (tertiary/aromatic N) is 4. The molecule has 0 amide bonds. The van der Waals surface area contributed by atoms with Crippen molar-refractivity contribution in [3.05, 3.63) is 70.3 Å². The van der Waals surface area contributed by atoms with E-state index in [1.54, 1.807) is 12.3 Å². The second-order valence-electron chi connectivity index (χ2n) is 6.86. The van der Waals surface area contributed by atoms with E-state index in [0.717, 1.165) is 11.1 Å². The van der Waals surface area contributed by atoms with Gasteiger partial charge in [0, 0.05) is 22.4 Å². The van der Waals surface area contributed by atoms with Crippen molar-refractivity contribution in [1.29, 1.82) is 0 Å². The summed E-state index contributed by atoms with van der Waals surface area (Å²) in [6.45, 7) is 0. The summed E-state index contributed by atoms with van der Waals surface area (Å²) in [7, 11) is -3.85. The Morgan fingerprint density at radius 2 is 2.00 bits per heavy atom.